The van der Waals surface area contributed by atoms with E-state index in [1.807, 2.05) is 71.6 Å². The number of fused-ring (bicyclic) bond motifs is 2. The Balaban J connectivity index is 0.873. The summed E-state index contributed by atoms with van der Waals surface area (Å²) in [6.07, 6.45) is 0.813. The van der Waals surface area contributed by atoms with Crippen molar-refractivity contribution in [3.63, 3.8) is 0 Å². The molecule has 3 aliphatic rings. The molecule has 1 saturated heterocycles. The number of aliphatic hydroxyl groups excluding tert-OH is 1. The molecule has 1 atom stereocenters. The quantitative estimate of drug-likeness (QED) is 0.131. The maximum atomic E-state index is 13.5. The van der Waals surface area contributed by atoms with Crippen LogP contribution in [0.4, 0.5) is 21.9 Å². The fraction of sp³-hybridized carbons (Fsp3) is 0.341. The maximum absolute atomic E-state index is 13.5. The zero-order valence-electron chi connectivity index (χ0n) is 30.2. The van der Waals surface area contributed by atoms with Gasteiger partial charge in [-0.3, -0.25) is 14.9 Å². The number of aliphatic hydroxyl groups is 1. The number of anilines is 3. The van der Waals surface area contributed by atoms with Gasteiger partial charge in [-0.15, -0.1) is 0 Å². The number of nitrogens with one attached hydrogen (secondary N) is 3. The average Bonchev–Trinajstić information content (AvgIpc) is 3.60. The third kappa shape index (κ3) is 8.44. The zero-order valence-corrected chi connectivity index (χ0v) is 30.2. The number of amides is 3. The predicted molar refractivity (Wildman–Crippen MR) is 204 cm³/mol. The molecular weight excluding hydrogens is 690 g/mol. The summed E-state index contributed by atoms with van der Waals surface area (Å²) >= 11 is 0. The van der Waals surface area contributed by atoms with Gasteiger partial charge in [0.1, 0.15) is 23.4 Å². The van der Waals surface area contributed by atoms with Gasteiger partial charge >= 0.3 is 6.09 Å². The number of rotatable bonds is 12. The van der Waals surface area contributed by atoms with Crippen LogP contribution in [0.3, 0.4) is 0 Å². The Labute approximate surface area is 313 Å². The highest BCUT2D eigenvalue weighted by Crippen LogP contribution is 2.39. The number of phenols is 1. The highest BCUT2D eigenvalue weighted by atomic mass is 16.6. The first-order valence-electron chi connectivity index (χ1n) is 18.3. The first kappa shape index (κ1) is 36.7. The molecule has 0 spiro atoms. The first-order chi connectivity index (χ1) is 26.2. The van der Waals surface area contributed by atoms with Crippen molar-refractivity contribution in [2.75, 3.05) is 62.0 Å². The number of phenolic OH excluding ortho intramolecular Hbond substituents is 1. The van der Waals surface area contributed by atoms with Crippen LogP contribution in [0.15, 0.2) is 78.9 Å². The summed E-state index contributed by atoms with van der Waals surface area (Å²) in [5.74, 6) is 0.592. The summed E-state index contributed by atoms with van der Waals surface area (Å²) in [7, 11) is 1.59. The molecule has 4 aromatic rings. The third-order valence-electron chi connectivity index (χ3n) is 10.1. The van der Waals surface area contributed by atoms with E-state index < -0.39 is 12.2 Å². The molecular formula is C41H45N5O8. The van der Waals surface area contributed by atoms with Gasteiger partial charge < -0.3 is 44.9 Å². The van der Waals surface area contributed by atoms with Gasteiger partial charge in [-0.25, -0.2) is 4.79 Å². The Morgan fingerprint density at radius 2 is 1.80 bits per heavy atom. The normalized spacial score (nSPS) is 16.1. The van der Waals surface area contributed by atoms with Crippen LogP contribution in [-0.4, -0.2) is 85.6 Å². The molecule has 4 aromatic carbocycles. The molecule has 0 aliphatic carbocycles. The summed E-state index contributed by atoms with van der Waals surface area (Å²) in [6, 6.07) is 24.3. The Bertz CT molecular complexity index is 2000. The van der Waals surface area contributed by atoms with E-state index in [2.05, 4.69) is 20.9 Å². The van der Waals surface area contributed by atoms with Gasteiger partial charge in [0.05, 0.1) is 30.3 Å². The molecule has 3 heterocycles. The molecule has 282 valence electrons. The van der Waals surface area contributed by atoms with Crippen LogP contribution in [0.5, 0.6) is 17.2 Å². The number of carbonyl (C=O) groups excluding carboxylic acids is 3. The fourth-order valence-electron chi connectivity index (χ4n) is 7.36. The number of hydrogen-bond donors (Lipinski definition) is 5. The summed E-state index contributed by atoms with van der Waals surface area (Å²) < 4.78 is 17.0. The number of nitrogens with zero attached hydrogens (tertiary/aromatic N) is 2. The largest absolute Gasteiger partial charge is 0.508 e. The van der Waals surface area contributed by atoms with E-state index in [0.29, 0.717) is 67.3 Å². The lowest BCUT2D eigenvalue weighted by Gasteiger charge is -2.31. The Hall–Kier alpha value is -5.63. The van der Waals surface area contributed by atoms with E-state index in [-0.39, 0.29) is 36.8 Å². The molecule has 1 fully saturated rings. The second-order valence-corrected chi connectivity index (χ2v) is 13.7. The molecule has 0 bridgehead atoms. The number of ether oxygens (including phenoxy) is 3. The van der Waals surface area contributed by atoms with Crippen molar-refractivity contribution >= 4 is 35.0 Å². The highest BCUT2D eigenvalue weighted by molar-refractivity contribution is 5.97. The average molecular weight is 736 g/mol. The number of para-hydroxylation sites is 1. The van der Waals surface area contributed by atoms with E-state index >= 15 is 0 Å². The molecule has 54 heavy (non-hydrogen) atoms. The Morgan fingerprint density at radius 1 is 1.02 bits per heavy atom. The van der Waals surface area contributed by atoms with E-state index in [0.717, 1.165) is 47.5 Å². The number of hydrogen-bond acceptors (Lipinski definition) is 10. The minimum Gasteiger partial charge on any atom is -0.508 e. The van der Waals surface area contributed by atoms with E-state index in [1.54, 1.807) is 7.11 Å². The van der Waals surface area contributed by atoms with Gasteiger partial charge in [0, 0.05) is 74.5 Å². The second kappa shape index (κ2) is 16.6. The lowest BCUT2D eigenvalue weighted by Crippen LogP contribution is -2.40. The van der Waals surface area contributed by atoms with Crippen molar-refractivity contribution in [2.24, 2.45) is 0 Å². The van der Waals surface area contributed by atoms with Crippen LogP contribution in [0, 0.1) is 0 Å². The number of benzene rings is 4. The van der Waals surface area contributed by atoms with Crippen molar-refractivity contribution in [1.82, 2.24) is 10.2 Å². The molecule has 0 radical (unpaired) electrons. The van der Waals surface area contributed by atoms with Gasteiger partial charge in [0.15, 0.2) is 6.61 Å². The van der Waals surface area contributed by atoms with Gasteiger partial charge in [0.25, 0.3) is 5.91 Å². The lowest BCUT2D eigenvalue weighted by molar-refractivity contribution is -0.119. The highest BCUT2D eigenvalue weighted by Gasteiger charge is 2.29. The fourth-order valence-corrected chi connectivity index (χ4v) is 7.36. The van der Waals surface area contributed by atoms with Crippen molar-refractivity contribution in [3.8, 4) is 28.4 Å². The van der Waals surface area contributed by atoms with Gasteiger partial charge in [0.2, 0.25) is 5.91 Å². The van der Waals surface area contributed by atoms with Crippen LogP contribution < -0.4 is 30.3 Å². The van der Waals surface area contributed by atoms with Crippen LogP contribution in [0.25, 0.3) is 11.1 Å². The molecule has 0 saturated carbocycles. The van der Waals surface area contributed by atoms with E-state index in [9.17, 15) is 24.6 Å². The molecule has 3 amide bonds. The third-order valence-corrected chi connectivity index (χ3v) is 10.1. The summed E-state index contributed by atoms with van der Waals surface area (Å²) in [5.41, 5.74) is 6.12. The van der Waals surface area contributed by atoms with Crippen molar-refractivity contribution in [2.45, 2.75) is 44.4 Å². The monoisotopic (exact) mass is 735 g/mol. The van der Waals surface area contributed by atoms with Crippen molar-refractivity contribution in [3.05, 3.63) is 95.6 Å². The minimum absolute atomic E-state index is 0.0486. The number of methoxy groups -OCH3 is 1. The molecule has 5 N–H and O–H groups in total. The number of carbonyl (C=O) groups is 3. The molecule has 3 aliphatic heterocycles. The summed E-state index contributed by atoms with van der Waals surface area (Å²) in [4.78, 5) is 42.1. The summed E-state index contributed by atoms with van der Waals surface area (Å²) in [6.45, 7) is 3.05. The molecule has 0 aromatic heterocycles. The van der Waals surface area contributed by atoms with Crippen LogP contribution in [0.1, 0.15) is 42.1 Å². The lowest BCUT2D eigenvalue weighted by atomic mass is 10.0. The number of piperidine rings is 1. The van der Waals surface area contributed by atoms with E-state index in [4.69, 9.17) is 14.2 Å². The number of aromatic hydroxyl groups is 1. The topological polar surface area (TPSA) is 162 Å². The predicted octanol–water partition coefficient (Wildman–Crippen LogP) is 5.21. The van der Waals surface area contributed by atoms with Crippen molar-refractivity contribution < 1.29 is 38.8 Å². The number of likely N-dealkylation sites (tertiary alicyclic amines) is 1. The van der Waals surface area contributed by atoms with Gasteiger partial charge in [-0.05, 0) is 48.6 Å². The van der Waals surface area contributed by atoms with Gasteiger partial charge in [-0.2, -0.15) is 0 Å². The molecule has 0 unspecified atom stereocenters. The Morgan fingerprint density at radius 3 is 2.59 bits per heavy atom. The Kier molecular flexibility index (Phi) is 11.3. The SMILES string of the molecule is COc1cc2c(cc1CNC[C@H](O)c1cc(O)cc3c1OCC(=O)N3)CCN2C(=O)CCN1CCC(OC(=O)Nc2ccccc2-c2ccccc2)CC1. The second-order valence-electron chi connectivity index (χ2n) is 13.7. The molecule has 7 rings (SSSR count). The first-order valence-corrected chi connectivity index (χ1v) is 18.3. The van der Waals surface area contributed by atoms with E-state index in [1.165, 1.54) is 12.1 Å². The van der Waals surface area contributed by atoms with Crippen LogP contribution in [0.2, 0.25) is 0 Å². The van der Waals surface area contributed by atoms with Crippen LogP contribution >= 0.6 is 0 Å². The molecule has 13 heteroatoms. The zero-order chi connectivity index (χ0) is 37.6. The molecule has 13 nitrogen and oxygen atoms in total. The maximum Gasteiger partial charge on any atom is 0.411 e. The minimum atomic E-state index is -1.01. The standard InChI is InChI=1S/C41H45N5O8/c1-52-37-22-35-27(19-28(37)23-42-24-36(48)32-20-29(47)21-34-40(32)53-25-38(49)43-34)11-18-46(35)39(50)14-17-45-15-12-30(13-16-45)54-41(51)44-33-10-6-5-9-31(33)26-7-3-2-4-8-26/h2-10,19-22,30,36,42,47-48H,11-18,23-25H2,1H3,(H,43,49)(H,44,51)/t36-/m0/s1. The smallest absolute Gasteiger partial charge is 0.411 e. The van der Waals surface area contributed by atoms with Crippen LogP contribution in [-0.2, 0) is 27.3 Å². The summed E-state index contributed by atoms with van der Waals surface area (Å²) in [5, 5.41) is 29.9. The van der Waals surface area contributed by atoms with Gasteiger partial charge in [-0.1, -0.05) is 48.5 Å². The van der Waals surface area contributed by atoms with Crippen molar-refractivity contribution in [1.29, 1.82) is 0 Å².